The summed E-state index contributed by atoms with van der Waals surface area (Å²) in [4.78, 5) is 32.1. The van der Waals surface area contributed by atoms with E-state index in [9.17, 15) is 9.59 Å². The lowest BCUT2D eigenvalue weighted by molar-refractivity contribution is -0.118. The highest BCUT2D eigenvalue weighted by molar-refractivity contribution is 5.95. The molecule has 1 aromatic carbocycles. The van der Waals surface area contributed by atoms with Crippen LogP contribution in [0.15, 0.2) is 30.5 Å². The van der Waals surface area contributed by atoms with Gasteiger partial charge < -0.3 is 20.1 Å². The van der Waals surface area contributed by atoms with Crippen molar-refractivity contribution in [2.45, 2.75) is 38.9 Å². The lowest BCUT2D eigenvalue weighted by Crippen LogP contribution is -2.24. The second-order valence-electron chi connectivity index (χ2n) is 6.82. The second kappa shape index (κ2) is 7.93. The van der Waals surface area contributed by atoms with Crippen LogP contribution in [-0.2, 0) is 21.7 Å². The standard InChI is InChI=1S/C10H13N3O2.C10H11NO2/c1-3-10(2)7-6(5-15-10)4-12-9(13-7)8(11)14;1-11-8-4-2-3-5-9(8)13-7-6-10(11)12/h4H,3,5H2,1-2H3,(H2,11,14);2-5H,6-7H2,1H3. The number of benzene rings is 1. The molecule has 0 bridgehead atoms. The van der Waals surface area contributed by atoms with Crippen molar-refractivity contribution in [2.24, 2.45) is 5.73 Å². The third-order valence-corrected chi connectivity index (χ3v) is 4.98. The van der Waals surface area contributed by atoms with Crippen molar-refractivity contribution in [3.8, 4) is 5.75 Å². The molecule has 2 aromatic rings. The summed E-state index contributed by atoms with van der Waals surface area (Å²) < 4.78 is 11.1. The molecule has 1 aromatic heterocycles. The molecule has 3 heterocycles. The van der Waals surface area contributed by atoms with Crippen molar-refractivity contribution in [3.63, 3.8) is 0 Å². The van der Waals surface area contributed by atoms with Gasteiger partial charge >= 0.3 is 0 Å². The van der Waals surface area contributed by atoms with Gasteiger partial charge in [0.1, 0.15) is 11.4 Å². The number of rotatable bonds is 2. The van der Waals surface area contributed by atoms with E-state index in [0.717, 1.165) is 29.1 Å². The number of carbonyl (C=O) groups is 2. The van der Waals surface area contributed by atoms with E-state index < -0.39 is 11.5 Å². The maximum atomic E-state index is 11.4. The number of para-hydroxylation sites is 2. The topological polar surface area (TPSA) is 108 Å². The number of hydrogen-bond donors (Lipinski definition) is 1. The molecule has 1 atom stereocenters. The van der Waals surface area contributed by atoms with Gasteiger partial charge in [0.25, 0.3) is 5.91 Å². The normalized spacial score (nSPS) is 20.2. The van der Waals surface area contributed by atoms with Gasteiger partial charge in [-0.15, -0.1) is 0 Å². The van der Waals surface area contributed by atoms with Crippen LogP contribution < -0.4 is 15.4 Å². The SMILES string of the molecule is CCC1(C)OCc2cnc(C(N)=O)nc21.CN1C(=O)CCOc2ccccc21. The summed E-state index contributed by atoms with van der Waals surface area (Å²) in [7, 11) is 1.77. The van der Waals surface area contributed by atoms with Gasteiger partial charge in [-0.05, 0) is 25.5 Å². The number of amides is 2. The molecule has 148 valence electrons. The molecule has 2 aliphatic rings. The van der Waals surface area contributed by atoms with Crippen molar-refractivity contribution >= 4 is 17.5 Å². The van der Waals surface area contributed by atoms with E-state index in [4.69, 9.17) is 15.2 Å². The monoisotopic (exact) mass is 384 g/mol. The molecule has 0 saturated carbocycles. The number of nitrogens with zero attached hydrogens (tertiary/aromatic N) is 3. The summed E-state index contributed by atoms with van der Waals surface area (Å²) in [5.41, 5.74) is 7.29. The largest absolute Gasteiger partial charge is 0.491 e. The highest BCUT2D eigenvalue weighted by Crippen LogP contribution is 2.36. The number of aromatic nitrogens is 2. The van der Waals surface area contributed by atoms with E-state index in [1.54, 1.807) is 18.1 Å². The summed E-state index contributed by atoms with van der Waals surface area (Å²) >= 11 is 0. The van der Waals surface area contributed by atoms with Crippen molar-refractivity contribution in [3.05, 3.63) is 47.5 Å². The summed E-state index contributed by atoms with van der Waals surface area (Å²) in [6.07, 6.45) is 2.86. The molecule has 28 heavy (non-hydrogen) atoms. The summed E-state index contributed by atoms with van der Waals surface area (Å²) in [5.74, 6) is 0.336. The molecular formula is C20H24N4O4. The van der Waals surface area contributed by atoms with E-state index in [0.29, 0.717) is 19.6 Å². The van der Waals surface area contributed by atoms with E-state index in [1.165, 1.54) is 0 Å². The first-order chi connectivity index (χ1) is 13.4. The summed E-state index contributed by atoms with van der Waals surface area (Å²) in [6.45, 7) is 4.94. The molecule has 2 aliphatic heterocycles. The van der Waals surface area contributed by atoms with Gasteiger partial charge in [0.2, 0.25) is 11.7 Å². The molecule has 0 radical (unpaired) electrons. The highest BCUT2D eigenvalue weighted by atomic mass is 16.5. The quantitative estimate of drug-likeness (QED) is 0.850. The van der Waals surface area contributed by atoms with Gasteiger partial charge in [0.05, 0.1) is 31.0 Å². The van der Waals surface area contributed by atoms with Crippen molar-refractivity contribution < 1.29 is 19.1 Å². The first kappa shape index (κ1) is 19.8. The Morgan fingerprint density at radius 3 is 2.82 bits per heavy atom. The number of hydrogen-bond acceptors (Lipinski definition) is 6. The molecule has 8 heteroatoms. The Bertz CT molecular complexity index is 902. The fourth-order valence-electron chi connectivity index (χ4n) is 3.07. The number of carbonyl (C=O) groups excluding carboxylic acids is 2. The molecule has 2 amide bonds. The minimum atomic E-state index is -0.608. The number of primary amides is 1. The molecule has 0 saturated heterocycles. The van der Waals surface area contributed by atoms with E-state index >= 15 is 0 Å². The van der Waals surface area contributed by atoms with Crippen LogP contribution in [-0.4, -0.2) is 35.4 Å². The molecule has 8 nitrogen and oxygen atoms in total. The van der Waals surface area contributed by atoms with Crippen LogP contribution in [0.4, 0.5) is 5.69 Å². The van der Waals surface area contributed by atoms with Crippen molar-refractivity contribution in [1.82, 2.24) is 9.97 Å². The molecule has 0 aliphatic carbocycles. The van der Waals surface area contributed by atoms with Crippen LogP contribution in [0.1, 0.15) is 48.6 Å². The fraction of sp³-hybridized carbons (Fsp3) is 0.400. The Balaban J connectivity index is 0.000000162. The van der Waals surface area contributed by atoms with Crippen molar-refractivity contribution in [1.29, 1.82) is 0 Å². The predicted octanol–water partition coefficient (Wildman–Crippen LogP) is 2.16. The zero-order chi connectivity index (χ0) is 20.3. The molecule has 1 unspecified atom stereocenters. The maximum Gasteiger partial charge on any atom is 0.286 e. The maximum absolute atomic E-state index is 11.4. The number of fused-ring (bicyclic) bond motifs is 2. The fourth-order valence-corrected chi connectivity index (χ4v) is 3.07. The van der Waals surface area contributed by atoms with Crippen LogP contribution in [0.25, 0.3) is 0 Å². The highest BCUT2D eigenvalue weighted by Gasteiger charge is 2.36. The summed E-state index contributed by atoms with van der Waals surface area (Å²) in [6, 6.07) is 7.57. The minimum Gasteiger partial charge on any atom is -0.491 e. The Labute approximate surface area is 163 Å². The lowest BCUT2D eigenvalue weighted by Gasteiger charge is -2.21. The van der Waals surface area contributed by atoms with Crippen molar-refractivity contribution in [2.75, 3.05) is 18.6 Å². The third kappa shape index (κ3) is 3.82. The van der Waals surface area contributed by atoms with E-state index in [2.05, 4.69) is 9.97 Å². The van der Waals surface area contributed by atoms with Gasteiger partial charge in [-0.3, -0.25) is 9.59 Å². The van der Waals surface area contributed by atoms with Crippen LogP contribution in [0.2, 0.25) is 0 Å². The average Bonchev–Trinajstić information content (AvgIpc) is 2.97. The minimum absolute atomic E-state index is 0.0546. The summed E-state index contributed by atoms with van der Waals surface area (Å²) in [5, 5.41) is 0. The zero-order valence-electron chi connectivity index (χ0n) is 16.3. The first-order valence-corrected chi connectivity index (χ1v) is 9.14. The lowest BCUT2D eigenvalue weighted by atomic mass is 9.98. The van der Waals surface area contributed by atoms with Gasteiger partial charge in [-0.25, -0.2) is 9.97 Å². The Morgan fingerprint density at radius 1 is 1.36 bits per heavy atom. The van der Waals surface area contributed by atoms with E-state index in [1.807, 2.05) is 38.1 Å². The predicted molar refractivity (Wildman–Crippen MR) is 103 cm³/mol. The van der Waals surface area contributed by atoms with Crippen LogP contribution in [0.5, 0.6) is 5.75 Å². The average molecular weight is 384 g/mol. The number of ether oxygens (including phenoxy) is 2. The Hall–Kier alpha value is -3.00. The third-order valence-electron chi connectivity index (χ3n) is 4.98. The molecule has 2 N–H and O–H groups in total. The van der Waals surface area contributed by atoms with Crippen LogP contribution >= 0.6 is 0 Å². The molecule has 0 spiro atoms. The molecular weight excluding hydrogens is 360 g/mol. The molecule has 4 rings (SSSR count). The molecule has 0 fully saturated rings. The second-order valence-corrected chi connectivity index (χ2v) is 6.82. The van der Waals surface area contributed by atoms with Gasteiger partial charge in [0.15, 0.2) is 0 Å². The zero-order valence-corrected chi connectivity index (χ0v) is 16.3. The number of anilines is 1. The van der Waals surface area contributed by atoms with Gasteiger partial charge in [-0.1, -0.05) is 19.1 Å². The van der Waals surface area contributed by atoms with Crippen LogP contribution in [0, 0.1) is 0 Å². The Kier molecular flexibility index (Phi) is 5.60. The first-order valence-electron chi connectivity index (χ1n) is 9.14. The van der Waals surface area contributed by atoms with Gasteiger partial charge in [-0.2, -0.15) is 0 Å². The number of nitrogens with two attached hydrogens (primary N) is 1. The van der Waals surface area contributed by atoms with E-state index in [-0.39, 0.29) is 11.7 Å². The Morgan fingerprint density at radius 2 is 2.11 bits per heavy atom. The van der Waals surface area contributed by atoms with Gasteiger partial charge in [0, 0.05) is 18.8 Å². The smallest absolute Gasteiger partial charge is 0.286 e. The van der Waals surface area contributed by atoms with Crippen LogP contribution in [0.3, 0.4) is 0 Å².